The Morgan fingerprint density at radius 3 is 2.39 bits per heavy atom. The Kier molecular flexibility index (Phi) is 5.75. The van der Waals surface area contributed by atoms with Crippen LogP contribution in [-0.2, 0) is 18.4 Å². The summed E-state index contributed by atoms with van der Waals surface area (Å²) in [6.45, 7) is 2.57. The molecular formula is C21H24FN4O2+. The number of quaternary nitrogens is 1. The van der Waals surface area contributed by atoms with Gasteiger partial charge in [-0.15, -0.1) is 0 Å². The van der Waals surface area contributed by atoms with E-state index >= 15 is 0 Å². The quantitative estimate of drug-likeness (QED) is 0.674. The van der Waals surface area contributed by atoms with Gasteiger partial charge in [0.1, 0.15) is 18.0 Å². The average Bonchev–Trinajstić information content (AvgIpc) is 2.87. The number of hydrogen-bond acceptors (Lipinski definition) is 2. The molecule has 1 atom stereocenters. The van der Waals surface area contributed by atoms with Gasteiger partial charge in [-0.1, -0.05) is 30.3 Å². The number of likely N-dealkylation sites (N-methyl/N-ethyl adjacent to an activating group) is 1. The molecule has 3 rings (SSSR count). The summed E-state index contributed by atoms with van der Waals surface area (Å²) < 4.78 is 16.3. The third-order valence-electron chi connectivity index (χ3n) is 4.70. The van der Waals surface area contributed by atoms with Crippen LogP contribution in [0.1, 0.15) is 11.3 Å². The minimum atomic E-state index is -0.284. The van der Waals surface area contributed by atoms with E-state index in [2.05, 4.69) is 5.32 Å². The predicted molar refractivity (Wildman–Crippen MR) is 106 cm³/mol. The van der Waals surface area contributed by atoms with Gasteiger partial charge in [0.15, 0.2) is 6.54 Å². The van der Waals surface area contributed by atoms with E-state index in [1.54, 1.807) is 30.8 Å². The number of halogens is 1. The summed E-state index contributed by atoms with van der Waals surface area (Å²) in [7, 11) is 3.66. The molecular weight excluding hydrogens is 359 g/mol. The van der Waals surface area contributed by atoms with Gasteiger partial charge in [-0.25, -0.2) is 9.07 Å². The van der Waals surface area contributed by atoms with Gasteiger partial charge < -0.3 is 10.2 Å². The Balaban J connectivity index is 1.72. The molecule has 1 amide bonds. The molecule has 0 spiro atoms. The van der Waals surface area contributed by atoms with Crippen molar-refractivity contribution in [1.82, 2.24) is 9.36 Å². The smallest absolute Gasteiger partial charge is 0.295 e. The minimum absolute atomic E-state index is 0.191. The summed E-state index contributed by atoms with van der Waals surface area (Å²) in [5.74, 6) is -0.529. The van der Waals surface area contributed by atoms with Crippen LogP contribution >= 0.6 is 0 Å². The molecule has 1 heterocycles. The third-order valence-corrected chi connectivity index (χ3v) is 4.70. The van der Waals surface area contributed by atoms with Crippen molar-refractivity contribution in [3.63, 3.8) is 0 Å². The average molecular weight is 383 g/mol. The van der Waals surface area contributed by atoms with Crippen molar-refractivity contribution >= 4 is 11.6 Å². The molecule has 0 aliphatic heterocycles. The number of hydrogen-bond donors (Lipinski definition) is 2. The molecule has 0 aliphatic carbocycles. The molecule has 0 radical (unpaired) electrons. The molecule has 0 saturated carbocycles. The molecule has 2 N–H and O–H groups in total. The highest BCUT2D eigenvalue weighted by molar-refractivity contribution is 5.91. The molecule has 0 saturated heterocycles. The summed E-state index contributed by atoms with van der Waals surface area (Å²) in [6, 6.07) is 15.5. The zero-order chi connectivity index (χ0) is 20.3. The van der Waals surface area contributed by atoms with E-state index < -0.39 is 0 Å². The number of para-hydroxylation sites is 1. The molecule has 3 aromatic rings. The van der Waals surface area contributed by atoms with E-state index in [9.17, 15) is 14.0 Å². The fourth-order valence-electron chi connectivity index (χ4n) is 3.18. The first-order valence-electron chi connectivity index (χ1n) is 9.06. The first-order valence-corrected chi connectivity index (χ1v) is 9.06. The second-order valence-corrected chi connectivity index (χ2v) is 6.92. The third kappa shape index (κ3) is 4.20. The van der Waals surface area contributed by atoms with Crippen molar-refractivity contribution in [3.05, 3.63) is 82.0 Å². The van der Waals surface area contributed by atoms with E-state index in [1.165, 1.54) is 16.8 Å². The second kappa shape index (κ2) is 8.22. The standard InChI is InChI=1S/C21H23FN4O2/c1-15-20(21(28)26(25(15)3)18-7-5-4-6-8-18)23-19(27)14-24(2)13-16-9-11-17(22)12-10-16/h4-12H,13-14H2,1-3H3,(H,23,27)/p+1. The number of rotatable bonds is 6. The van der Waals surface area contributed by atoms with Gasteiger partial charge in [-0.2, -0.15) is 0 Å². The van der Waals surface area contributed by atoms with Crippen LogP contribution in [0, 0.1) is 12.7 Å². The van der Waals surface area contributed by atoms with Crippen molar-refractivity contribution in [2.45, 2.75) is 13.5 Å². The second-order valence-electron chi connectivity index (χ2n) is 6.92. The highest BCUT2D eigenvalue weighted by atomic mass is 19.1. The Morgan fingerprint density at radius 2 is 1.75 bits per heavy atom. The lowest BCUT2D eigenvalue weighted by Crippen LogP contribution is -3.08. The summed E-state index contributed by atoms with van der Waals surface area (Å²) in [5.41, 5.74) is 2.37. The number of nitrogens with zero attached hydrogens (tertiary/aromatic N) is 2. The van der Waals surface area contributed by atoms with Crippen LogP contribution < -0.4 is 15.8 Å². The monoisotopic (exact) mass is 383 g/mol. The lowest BCUT2D eigenvalue weighted by molar-refractivity contribution is -0.885. The minimum Gasteiger partial charge on any atom is -0.326 e. The number of carbonyl (C=O) groups excluding carboxylic acids is 1. The SMILES string of the molecule is Cc1c(NC(=O)C[NH+](C)Cc2ccc(F)cc2)c(=O)n(-c2ccccc2)n1C. The van der Waals surface area contributed by atoms with Crippen LogP contribution in [0.15, 0.2) is 59.4 Å². The van der Waals surface area contributed by atoms with Gasteiger partial charge in [-0.3, -0.25) is 14.3 Å². The molecule has 7 heteroatoms. The highest BCUT2D eigenvalue weighted by Crippen LogP contribution is 2.13. The molecule has 6 nitrogen and oxygen atoms in total. The van der Waals surface area contributed by atoms with Crippen molar-refractivity contribution in [3.8, 4) is 5.69 Å². The topological polar surface area (TPSA) is 60.5 Å². The maximum absolute atomic E-state index is 13.0. The molecule has 28 heavy (non-hydrogen) atoms. The zero-order valence-electron chi connectivity index (χ0n) is 16.2. The Bertz CT molecular complexity index is 1020. The van der Waals surface area contributed by atoms with E-state index in [-0.39, 0.29) is 29.5 Å². The van der Waals surface area contributed by atoms with Crippen molar-refractivity contribution < 1.29 is 14.1 Å². The number of amides is 1. The molecule has 1 unspecified atom stereocenters. The Morgan fingerprint density at radius 1 is 1.11 bits per heavy atom. The summed E-state index contributed by atoms with van der Waals surface area (Å²) in [6.07, 6.45) is 0. The van der Waals surface area contributed by atoms with E-state index in [1.807, 2.05) is 37.4 Å². The van der Waals surface area contributed by atoms with Gasteiger partial charge in [-0.05, 0) is 31.2 Å². The van der Waals surface area contributed by atoms with Crippen molar-refractivity contribution in [2.24, 2.45) is 7.05 Å². The van der Waals surface area contributed by atoms with Crippen LogP contribution in [0.2, 0.25) is 0 Å². The predicted octanol–water partition coefficient (Wildman–Crippen LogP) is 1.28. The summed E-state index contributed by atoms with van der Waals surface area (Å²) >= 11 is 0. The van der Waals surface area contributed by atoms with Crippen molar-refractivity contribution in [1.29, 1.82) is 0 Å². The maximum Gasteiger partial charge on any atom is 0.295 e. The molecule has 2 aromatic carbocycles. The Labute approximate surface area is 162 Å². The molecule has 1 aromatic heterocycles. The number of carbonyl (C=O) groups is 1. The maximum atomic E-state index is 13.0. The first-order chi connectivity index (χ1) is 13.4. The van der Waals surface area contributed by atoms with Gasteiger partial charge >= 0.3 is 0 Å². The fourth-order valence-corrected chi connectivity index (χ4v) is 3.18. The molecule has 0 fully saturated rings. The first kappa shape index (κ1) is 19.6. The van der Waals surface area contributed by atoms with Crippen molar-refractivity contribution in [2.75, 3.05) is 18.9 Å². The number of nitrogens with one attached hydrogen (secondary N) is 2. The number of anilines is 1. The van der Waals surface area contributed by atoms with Gasteiger partial charge in [0.2, 0.25) is 0 Å². The van der Waals surface area contributed by atoms with Gasteiger partial charge in [0.25, 0.3) is 11.5 Å². The van der Waals surface area contributed by atoms with Crippen LogP contribution in [0.25, 0.3) is 5.69 Å². The zero-order valence-corrected chi connectivity index (χ0v) is 16.2. The van der Waals surface area contributed by atoms with E-state index in [0.29, 0.717) is 12.2 Å². The van der Waals surface area contributed by atoms with E-state index in [0.717, 1.165) is 16.2 Å². The summed E-state index contributed by atoms with van der Waals surface area (Å²) in [4.78, 5) is 26.3. The normalized spacial score (nSPS) is 12.0. The Hall–Kier alpha value is -3.19. The summed E-state index contributed by atoms with van der Waals surface area (Å²) in [5, 5.41) is 2.76. The van der Waals surface area contributed by atoms with Gasteiger partial charge in [0.05, 0.1) is 18.4 Å². The lowest BCUT2D eigenvalue weighted by atomic mass is 10.2. The van der Waals surface area contributed by atoms with Gasteiger partial charge in [0, 0.05) is 12.6 Å². The van der Waals surface area contributed by atoms with Crippen LogP contribution in [0.5, 0.6) is 0 Å². The largest absolute Gasteiger partial charge is 0.326 e. The van der Waals surface area contributed by atoms with E-state index in [4.69, 9.17) is 0 Å². The number of benzene rings is 2. The van der Waals surface area contributed by atoms with Crippen LogP contribution in [-0.4, -0.2) is 28.9 Å². The lowest BCUT2D eigenvalue weighted by Gasteiger charge is -2.13. The van der Waals surface area contributed by atoms with Crippen LogP contribution in [0.3, 0.4) is 0 Å². The number of aromatic nitrogens is 2. The highest BCUT2D eigenvalue weighted by Gasteiger charge is 2.19. The molecule has 0 bridgehead atoms. The van der Waals surface area contributed by atoms with Crippen LogP contribution in [0.4, 0.5) is 10.1 Å². The molecule has 146 valence electrons. The fraction of sp³-hybridized carbons (Fsp3) is 0.238. The molecule has 0 aliphatic rings.